The van der Waals surface area contributed by atoms with Gasteiger partial charge in [-0.15, -0.1) is 0 Å². The zero-order valence-electron chi connectivity index (χ0n) is 8.77. The van der Waals surface area contributed by atoms with Crippen molar-refractivity contribution >= 4 is 11.9 Å². The lowest BCUT2D eigenvalue weighted by Crippen LogP contribution is -2.60. The first-order valence-electron chi connectivity index (χ1n) is 5.36. The van der Waals surface area contributed by atoms with Crippen LogP contribution in [0, 0.1) is 0 Å². The lowest BCUT2D eigenvalue weighted by Gasteiger charge is -2.36. The minimum absolute atomic E-state index is 0.0435. The largest absolute Gasteiger partial charge is 0.481 e. The van der Waals surface area contributed by atoms with Crippen LogP contribution in [-0.4, -0.2) is 46.6 Å². The summed E-state index contributed by atoms with van der Waals surface area (Å²) in [4.78, 5) is 24.3. The van der Waals surface area contributed by atoms with Gasteiger partial charge >= 0.3 is 5.97 Å². The first kappa shape index (κ1) is 10.4. The first-order chi connectivity index (χ1) is 7.08. The molecule has 84 valence electrons. The highest BCUT2D eigenvalue weighted by atomic mass is 16.4. The number of carbonyl (C=O) groups excluding carboxylic acids is 1. The van der Waals surface area contributed by atoms with Gasteiger partial charge in [-0.25, -0.2) is 0 Å². The maximum absolute atomic E-state index is 11.9. The van der Waals surface area contributed by atoms with Crippen LogP contribution < -0.4 is 5.32 Å². The summed E-state index contributed by atoms with van der Waals surface area (Å²) < 4.78 is 0. The highest BCUT2D eigenvalue weighted by molar-refractivity contribution is 5.87. The van der Waals surface area contributed by atoms with Gasteiger partial charge in [0.1, 0.15) is 0 Å². The summed E-state index contributed by atoms with van der Waals surface area (Å²) in [5.74, 6) is -0.969. The molecule has 2 atom stereocenters. The van der Waals surface area contributed by atoms with Gasteiger partial charge in [0.25, 0.3) is 0 Å². The third kappa shape index (κ3) is 2.28. The Balaban J connectivity index is 2.03. The Morgan fingerprint density at radius 3 is 2.80 bits per heavy atom. The molecule has 0 bridgehead atoms. The van der Waals surface area contributed by atoms with Crippen molar-refractivity contribution < 1.29 is 14.7 Å². The predicted molar refractivity (Wildman–Crippen MR) is 53.4 cm³/mol. The Kier molecular flexibility index (Phi) is 2.65. The molecular formula is C10H16N2O3. The van der Waals surface area contributed by atoms with Gasteiger partial charge in [-0.1, -0.05) is 0 Å². The summed E-state index contributed by atoms with van der Waals surface area (Å²) in [5.41, 5.74) is 0. The van der Waals surface area contributed by atoms with E-state index >= 15 is 0 Å². The van der Waals surface area contributed by atoms with Gasteiger partial charge in [0.2, 0.25) is 5.91 Å². The van der Waals surface area contributed by atoms with Crippen LogP contribution in [0.1, 0.15) is 26.2 Å². The number of carboxylic acid groups (broad SMARTS) is 1. The second-order valence-electron chi connectivity index (χ2n) is 4.44. The fraction of sp³-hybridized carbons (Fsp3) is 0.800. The number of aliphatic carboxylic acids is 1. The zero-order chi connectivity index (χ0) is 11.0. The van der Waals surface area contributed by atoms with Crippen LogP contribution in [0.3, 0.4) is 0 Å². The lowest BCUT2D eigenvalue weighted by atomic mass is 10.1. The molecule has 1 heterocycles. The second kappa shape index (κ2) is 3.81. The molecule has 1 amide bonds. The second-order valence-corrected chi connectivity index (χ2v) is 4.44. The van der Waals surface area contributed by atoms with Crippen molar-refractivity contribution in [1.29, 1.82) is 0 Å². The molecule has 15 heavy (non-hydrogen) atoms. The van der Waals surface area contributed by atoms with Crippen LogP contribution in [0.2, 0.25) is 0 Å². The third-order valence-electron chi connectivity index (χ3n) is 2.90. The average Bonchev–Trinajstić information content (AvgIpc) is 2.92. The number of carboxylic acids is 1. The fourth-order valence-corrected chi connectivity index (χ4v) is 2.09. The van der Waals surface area contributed by atoms with E-state index in [1.54, 1.807) is 0 Å². The molecule has 2 aliphatic rings. The molecule has 1 aliphatic carbocycles. The standard InChI is InChI=1S/C10H16N2O3/c1-6-5-12(7-2-3-7)10(15)8(11-6)4-9(13)14/h6-8,11H,2-5H2,1H3,(H,13,14). The summed E-state index contributed by atoms with van der Waals surface area (Å²) in [6.45, 7) is 2.69. The molecule has 5 heteroatoms. The zero-order valence-corrected chi connectivity index (χ0v) is 8.77. The van der Waals surface area contributed by atoms with E-state index in [1.807, 2.05) is 11.8 Å². The molecule has 0 spiro atoms. The molecule has 2 unspecified atom stereocenters. The van der Waals surface area contributed by atoms with Crippen LogP contribution in [0.4, 0.5) is 0 Å². The maximum atomic E-state index is 11.9. The first-order valence-corrected chi connectivity index (χ1v) is 5.36. The van der Waals surface area contributed by atoms with E-state index in [0.29, 0.717) is 12.6 Å². The van der Waals surface area contributed by atoms with Gasteiger partial charge in [0.15, 0.2) is 0 Å². The Morgan fingerprint density at radius 2 is 2.27 bits per heavy atom. The number of hydrogen-bond acceptors (Lipinski definition) is 3. The highest BCUT2D eigenvalue weighted by Gasteiger charge is 2.40. The maximum Gasteiger partial charge on any atom is 0.305 e. The van der Waals surface area contributed by atoms with Crippen molar-refractivity contribution in [3.05, 3.63) is 0 Å². The number of hydrogen-bond donors (Lipinski definition) is 2. The summed E-state index contributed by atoms with van der Waals surface area (Å²) >= 11 is 0. The molecule has 2 fully saturated rings. The fourth-order valence-electron chi connectivity index (χ4n) is 2.09. The van der Waals surface area contributed by atoms with Crippen LogP contribution in [0.25, 0.3) is 0 Å². The van der Waals surface area contributed by atoms with Gasteiger partial charge in [0, 0.05) is 18.6 Å². The Morgan fingerprint density at radius 1 is 1.60 bits per heavy atom. The van der Waals surface area contributed by atoms with Gasteiger partial charge in [0.05, 0.1) is 12.5 Å². The van der Waals surface area contributed by atoms with Crippen molar-refractivity contribution in [2.75, 3.05) is 6.54 Å². The molecular weight excluding hydrogens is 196 g/mol. The van der Waals surface area contributed by atoms with Crippen molar-refractivity contribution in [3.8, 4) is 0 Å². The quantitative estimate of drug-likeness (QED) is 0.680. The number of rotatable bonds is 3. The van der Waals surface area contributed by atoms with Crippen molar-refractivity contribution in [3.63, 3.8) is 0 Å². The number of amides is 1. The van der Waals surface area contributed by atoms with Gasteiger partial charge < -0.3 is 15.3 Å². The summed E-state index contributed by atoms with van der Waals surface area (Å²) in [6.07, 6.45) is 2.02. The van der Waals surface area contributed by atoms with Crippen molar-refractivity contribution in [2.24, 2.45) is 0 Å². The molecule has 5 nitrogen and oxygen atoms in total. The van der Waals surface area contributed by atoms with E-state index in [1.165, 1.54) is 0 Å². The number of carbonyl (C=O) groups is 2. The number of nitrogens with one attached hydrogen (secondary N) is 1. The van der Waals surface area contributed by atoms with Crippen molar-refractivity contribution in [1.82, 2.24) is 10.2 Å². The number of nitrogens with zero attached hydrogens (tertiary/aromatic N) is 1. The third-order valence-corrected chi connectivity index (χ3v) is 2.90. The van der Waals surface area contributed by atoms with Crippen LogP contribution >= 0.6 is 0 Å². The molecule has 2 rings (SSSR count). The van der Waals surface area contributed by atoms with E-state index in [9.17, 15) is 9.59 Å². The normalized spacial score (nSPS) is 31.8. The van der Waals surface area contributed by atoms with Crippen LogP contribution in [0.5, 0.6) is 0 Å². The van der Waals surface area contributed by atoms with E-state index in [0.717, 1.165) is 12.8 Å². The van der Waals surface area contributed by atoms with Gasteiger partial charge in [-0.2, -0.15) is 0 Å². The monoisotopic (exact) mass is 212 g/mol. The Bertz CT molecular complexity index is 288. The van der Waals surface area contributed by atoms with E-state index in [2.05, 4.69) is 5.32 Å². The van der Waals surface area contributed by atoms with E-state index in [4.69, 9.17) is 5.11 Å². The van der Waals surface area contributed by atoms with Crippen LogP contribution in [-0.2, 0) is 9.59 Å². The minimum Gasteiger partial charge on any atom is -0.481 e. The molecule has 2 N–H and O–H groups in total. The topological polar surface area (TPSA) is 69.6 Å². The summed E-state index contributed by atoms with van der Waals surface area (Å²) in [7, 11) is 0. The van der Waals surface area contributed by atoms with Gasteiger partial charge in [-0.05, 0) is 19.8 Å². The van der Waals surface area contributed by atoms with E-state index in [-0.39, 0.29) is 18.4 Å². The number of piperazine rings is 1. The lowest BCUT2D eigenvalue weighted by molar-refractivity contribution is -0.145. The molecule has 1 aliphatic heterocycles. The average molecular weight is 212 g/mol. The summed E-state index contributed by atoms with van der Waals surface area (Å²) in [6, 6.07) is 0.0258. The molecule has 0 aromatic rings. The van der Waals surface area contributed by atoms with E-state index < -0.39 is 12.0 Å². The predicted octanol–water partition coefficient (Wildman–Crippen LogP) is -0.188. The molecule has 1 saturated heterocycles. The SMILES string of the molecule is CC1CN(C2CC2)C(=O)C(CC(=O)O)N1. The Hall–Kier alpha value is -1.10. The summed E-state index contributed by atoms with van der Waals surface area (Å²) in [5, 5.41) is 11.7. The molecule has 0 aromatic heterocycles. The van der Waals surface area contributed by atoms with Crippen LogP contribution in [0.15, 0.2) is 0 Å². The smallest absolute Gasteiger partial charge is 0.305 e. The minimum atomic E-state index is -0.925. The molecule has 0 radical (unpaired) electrons. The van der Waals surface area contributed by atoms with Crippen molar-refractivity contribution in [2.45, 2.75) is 44.3 Å². The highest BCUT2D eigenvalue weighted by Crippen LogP contribution is 2.29. The molecule has 1 saturated carbocycles. The van der Waals surface area contributed by atoms with Gasteiger partial charge in [-0.3, -0.25) is 9.59 Å². The molecule has 0 aromatic carbocycles. The Labute approximate surface area is 88.4 Å².